The van der Waals surface area contributed by atoms with Crippen LogP contribution in [-0.2, 0) is 4.79 Å². The highest BCUT2D eigenvalue weighted by atomic mass is 79.9. The molecule has 6 nitrogen and oxygen atoms in total. The van der Waals surface area contributed by atoms with Crippen LogP contribution in [0.25, 0.3) is 11.0 Å². The molecule has 0 spiro atoms. The second-order valence-electron chi connectivity index (χ2n) is 4.57. The summed E-state index contributed by atoms with van der Waals surface area (Å²) in [7, 11) is 0. The molecular weight excluding hydrogens is 300 g/mol. The average Bonchev–Trinajstić information content (AvgIpc) is 2.94. The number of carbonyl (C=O) groups is 1. The zero-order valence-electron chi connectivity index (χ0n) is 9.34. The van der Waals surface area contributed by atoms with Crippen LogP contribution < -0.4 is 16.7 Å². The summed E-state index contributed by atoms with van der Waals surface area (Å²) in [6, 6.07) is 3.43. The quantitative estimate of drug-likeness (QED) is 0.666. The monoisotopic (exact) mass is 310 g/mol. The SMILES string of the molecule is NC1(C(=O)Nc2cc3[nH]c(=O)[nH]c3cc2Br)CC1. The summed E-state index contributed by atoms with van der Waals surface area (Å²) in [5.74, 6) is -0.194. The molecule has 0 radical (unpaired) electrons. The zero-order valence-corrected chi connectivity index (χ0v) is 10.9. The number of anilines is 1. The molecule has 0 aliphatic heterocycles. The highest BCUT2D eigenvalue weighted by Gasteiger charge is 2.46. The van der Waals surface area contributed by atoms with E-state index in [1.807, 2.05) is 0 Å². The number of imidazole rings is 1. The van der Waals surface area contributed by atoms with E-state index in [1.165, 1.54) is 0 Å². The molecule has 0 bridgehead atoms. The first-order chi connectivity index (χ1) is 8.48. The van der Waals surface area contributed by atoms with Gasteiger partial charge in [-0.2, -0.15) is 0 Å². The molecule has 5 N–H and O–H groups in total. The summed E-state index contributed by atoms with van der Waals surface area (Å²) in [6.45, 7) is 0. The number of nitrogens with two attached hydrogens (primary N) is 1. The molecule has 94 valence electrons. The number of nitrogens with one attached hydrogen (secondary N) is 3. The van der Waals surface area contributed by atoms with Crippen molar-refractivity contribution in [3.8, 4) is 0 Å². The highest BCUT2D eigenvalue weighted by molar-refractivity contribution is 9.10. The summed E-state index contributed by atoms with van der Waals surface area (Å²) in [6.07, 6.45) is 1.42. The molecule has 3 rings (SSSR count). The van der Waals surface area contributed by atoms with Crippen molar-refractivity contribution in [3.05, 3.63) is 27.1 Å². The Kier molecular flexibility index (Phi) is 2.36. The number of carbonyl (C=O) groups excluding carboxylic acids is 1. The molecule has 1 amide bonds. The third-order valence-electron chi connectivity index (χ3n) is 3.09. The predicted octanol–water partition coefficient (Wildman–Crippen LogP) is 1.05. The lowest BCUT2D eigenvalue weighted by Crippen LogP contribution is -2.37. The van der Waals surface area contributed by atoms with E-state index < -0.39 is 5.54 Å². The van der Waals surface area contributed by atoms with Gasteiger partial charge in [-0.05, 0) is 40.9 Å². The highest BCUT2D eigenvalue weighted by Crippen LogP contribution is 2.34. The topological polar surface area (TPSA) is 104 Å². The van der Waals surface area contributed by atoms with Gasteiger partial charge in [0.15, 0.2) is 0 Å². The van der Waals surface area contributed by atoms with Gasteiger partial charge < -0.3 is 21.0 Å². The van der Waals surface area contributed by atoms with Gasteiger partial charge in [-0.3, -0.25) is 4.79 Å². The number of aromatic amines is 2. The van der Waals surface area contributed by atoms with E-state index in [1.54, 1.807) is 12.1 Å². The van der Waals surface area contributed by atoms with Gasteiger partial charge in [0.2, 0.25) is 5.91 Å². The Morgan fingerprint density at radius 1 is 1.33 bits per heavy atom. The predicted molar refractivity (Wildman–Crippen MR) is 71.4 cm³/mol. The minimum atomic E-state index is -0.722. The second kappa shape index (κ2) is 3.69. The normalized spacial score (nSPS) is 16.8. The maximum Gasteiger partial charge on any atom is 0.323 e. The van der Waals surface area contributed by atoms with E-state index in [0.717, 1.165) is 0 Å². The zero-order chi connectivity index (χ0) is 12.9. The van der Waals surface area contributed by atoms with E-state index in [4.69, 9.17) is 5.73 Å². The molecule has 18 heavy (non-hydrogen) atoms. The van der Waals surface area contributed by atoms with Crippen LogP contribution in [0, 0.1) is 0 Å². The summed E-state index contributed by atoms with van der Waals surface area (Å²) in [5.41, 5.74) is 6.73. The molecule has 0 unspecified atom stereocenters. The van der Waals surface area contributed by atoms with E-state index in [9.17, 15) is 9.59 Å². The lowest BCUT2D eigenvalue weighted by atomic mass is 10.2. The van der Waals surface area contributed by atoms with Crippen LogP contribution >= 0.6 is 15.9 Å². The number of rotatable bonds is 2. The summed E-state index contributed by atoms with van der Waals surface area (Å²) < 4.78 is 0.697. The summed E-state index contributed by atoms with van der Waals surface area (Å²) in [5, 5.41) is 2.77. The van der Waals surface area contributed by atoms with Crippen molar-refractivity contribution < 1.29 is 4.79 Å². The molecule has 1 saturated carbocycles. The number of aromatic nitrogens is 2. The minimum Gasteiger partial charge on any atom is -0.323 e. The van der Waals surface area contributed by atoms with Crippen LogP contribution in [0.3, 0.4) is 0 Å². The average molecular weight is 311 g/mol. The van der Waals surface area contributed by atoms with Crippen molar-refractivity contribution >= 4 is 38.6 Å². The van der Waals surface area contributed by atoms with Crippen LogP contribution in [0.5, 0.6) is 0 Å². The van der Waals surface area contributed by atoms with Crippen LogP contribution in [0.4, 0.5) is 5.69 Å². The van der Waals surface area contributed by atoms with Crippen LogP contribution in [0.2, 0.25) is 0 Å². The van der Waals surface area contributed by atoms with Crippen LogP contribution in [-0.4, -0.2) is 21.4 Å². The molecule has 1 aromatic heterocycles. The van der Waals surface area contributed by atoms with E-state index in [2.05, 4.69) is 31.2 Å². The number of halogens is 1. The Morgan fingerprint density at radius 2 is 1.94 bits per heavy atom. The lowest BCUT2D eigenvalue weighted by molar-refractivity contribution is -0.118. The molecule has 1 heterocycles. The number of fused-ring (bicyclic) bond motifs is 1. The molecular formula is C11H11BrN4O2. The van der Waals surface area contributed by atoms with E-state index >= 15 is 0 Å². The maximum atomic E-state index is 11.9. The van der Waals surface area contributed by atoms with Gasteiger partial charge in [-0.15, -0.1) is 0 Å². The first kappa shape index (κ1) is 11.5. The van der Waals surface area contributed by atoms with Crippen LogP contribution in [0.15, 0.2) is 21.4 Å². The van der Waals surface area contributed by atoms with Crippen molar-refractivity contribution in [2.45, 2.75) is 18.4 Å². The van der Waals surface area contributed by atoms with E-state index in [0.29, 0.717) is 34.0 Å². The largest absolute Gasteiger partial charge is 0.323 e. The first-order valence-corrected chi connectivity index (χ1v) is 6.29. The molecule has 1 aliphatic carbocycles. The number of hydrogen-bond donors (Lipinski definition) is 4. The smallest absolute Gasteiger partial charge is 0.323 e. The molecule has 2 aromatic rings. The van der Waals surface area contributed by atoms with Gasteiger partial charge in [0, 0.05) is 4.47 Å². The fraction of sp³-hybridized carbons (Fsp3) is 0.273. The lowest BCUT2D eigenvalue weighted by Gasteiger charge is -2.11. The minimum absolute atomic E-state index is 0.194. The molecule has 0 atom stereocenters. The van der Waals surface area contributed by atoms with Crippen molar-refractivity contribution in [1.82, 2.24) is 9.97 Å². The van der Waals surface area contributed by atoms with Gasteiger partial charge in [0.1, 0.15) is 0 Å². The van der Waals surface area contributed by atoms with Crippen LogP contribution in [0.1, 0.15) is 12.8 Å². The fourth-order valence-corrected chi connectivity index (χ4v) is 2.20. The molecule has 7 heteroatoms. The molecule has 0 saturated heterocycles. The van der Waals surface area contributed by atoms with Gasteiger partial charge in [-0.1, -0.05) is 0 Å². The van der Waals surface area contributed by atoms with Crippen molar-refractivity contribution in [2.24, 2.45) is 5.73 Å². The standard InChI is InChI=1S/C11H11BrN4O2/c12-5-3-7-8(16-10(18)15-7)4-6(5)14-9(17)11(13)1-2-11/h3-4H,1-2,13H2,(H,14,17)(H2,15,16,18). The Labute approximate surface area is 110 Å². The fourth-order valence-electron chi connectivity index (χ4n) is 1.76. The summed E-state index contributed by atoms with van der Waals surface area (Å²) in [4.78, 5) is 28.3. The summed E-state index contributed by atoms with van der Waals surface area (Å²) >= 11 is 3.35. The number of hydrogen-bond acceptors (Lipinski definition) is 3. The van der Waals surface area contributed by atoms with E-state index in [-0.39, 0.29) is 11.6 Å². The number of benzene rings is 1. The number of H-pyrrole nitrogens is 2. The van der Waals surface area contributed by atoms with Gasteiger partial charge >= 0.3 is 5.69 Å². The maximum absolute atomic E-state index is 11.9. The Hall–Kier alpha value is -1.60. The second-order valence-corrected chi connectivity index (χ2v) is 5.42. The Morgan fingerprint density at radius 3 is 2.56 bits per heavy atom. The molecule has 1 aliphatic rings. The van der Waals surface area contributed by atoms with Crippen molar-refractivity contribution in [3.63, 3.8) is 0 Å². The van der Waals surface area contributed by atoms with Gasteiger partial charge in [-0.25, -0.2) is 4.79 Å². The number of amides is 1. The van der Waals surface area contributed by atoms with Gasteiger partial charge in [0.05, 0.1) is 22.3 Å². The first-order valence-electron chi connectivity index (χ1n) is 5.50. The third-order valence-corrected chi connectivity index (χ3v) is 3.75. The molecule has 1 aromatic carbocycles. The Bertz CT molecular complexity index is 699. The Balaban J connectivity index is 1.98. The molecule has 1 fully saturated rings. The third kappa shape index (κ3) is 1.85. The van der Waals surface area contributed by atoms with Crippen molar-refractivity contribution in [2.75, 3.05) is 5.32 Å². The van der Waals surface area contributed by atoms with Gasteiger partial charge in [0.25, 0.3) is 0 Å². The van der Waals surface area contributed by atoms with Crippen molar-refractivity contribution in [1.29, 1.82) is 0 Å².